The third-order valence-corrected chi connectivity index (χ3v) is 3.83. The van der Waals surface area contributed by atoms with Crippen LogP contribution >= 0.6 is 0 Å². The third kappa shape index (κ3) is 3.43. The van der Waals surface area contributed by atoms with E-state index in [2.05, 4.69) is 11.9 Å². The van der Waals surface area contributed by atoms with Crippen LogP contribution in [0.1, 0.15) is 16.8 Å². The molecule has 8 heteroatoms. The highest BCUT2D eigenvalue weighted by molar-refractivity contribution is 6.03. The monoisotopic (exact) mass is 336 g/mol. The molecule has 0 aliphatic carbocycles. The largest absolute Gasteiger partial charge is 0.493 e. The molecule has 0 bridgehead atoms. The van der Waals surface area contributed by atoms with Crippen molar-refractivity contribution < 1.29 is 29.3 Å². The molecule has 0 radical (unpaired) electrons. The summed E-state index contributed by atoms with van der Waals surface area (Å²) in [6.07, 6.45) is -0.794. The van der Waals surface area contributed by atoms with Crippen molar-refractivity contribution in [1.29, 1.82) is 0 Å². The van der Waals surface area contributed by atoms with Gasteiger partial charge in [-0.2, -0.15) is 0 Å². The number of carboxylic acid groups (broad SMARTS) is 1. The van der Waals surface area contributed by atoms with E-state index in [0.717, 1.165) is 5.57 Å². The number of nitrogens with zero attached hydrogens (tertiary/aromatic N) is 1. The predicted octanol–water partition coefficient (Wildman–Crippen LogP) is 1.56. The molecule has 0 saturated carbocycles. The van der Waals surface area contributed by atoms with Gasteiger partial charge in [0.05, 0.1) is 38.1 Å². The molecule has 1 atom stereocenters. The number of amides is 2. The van der Waals surface area contributed by atoms with E-state index in [4.69, 9.17) is 14.6 Å². The lowest BCUT2D eigenvalue weighted by Crippen LogP contribution is -2.38. The molecule has 0 unspecified atom stereocenters. The molecule has 1 fully saturated rings. The summed E-state index contributed by atoms with van der Waals surface area (Å²) in [4.78, 5) is 25.4. The smallest absolute Gasteiger partial charge is 0.409 e. The van der Waals surface area contributed by atoms with Gasteiger partial charge in [0.2, 0.25) is 0 Å². The van der Waals surface area contributed by atoms with Crippen molar-refractivity contribution in [2.45, 2.75) is 12.5 Å². The summed E-state index contributed by atoms with van der Waals surface area (Å²) in [7, 11) is 2.83. The van der Waals surface area contributed by atoms with Crippen LogP contribution < -0.4 is 14.8 Å². The summed E-state index contributed by atoms with van der Waals surface area (Å²) in [5.74, 6) is 0.176. The number of aliphatic hydroxyl groups is 1. The van der Waals surface area contributed by atoms with Crippen molar-refractivity contribution >= 4 is 17.7 Å². The molecule has 2 amide bonds. The second kappa shape index (κ2) is 7.22. The maximum absolute atomic E-state index is 12.9. The number of aliphatic hydroxyl groups excluding tert-OH is 1. The second-order valence-electron chi connectivity index (χ2n) is 5.41. The molecule has 3 N–H and O–H groups in total. The number of carbonyl (C=O) groups excluding carboxylic acids is 1. The van der Waals surface area contributed by atoms with Crippen molar-refractivity contribution in [3.05, 3.63) is 29.8 Å². The Balaban J connectivity index is 2.48. The van der Waals surface area contributed by atoms with Crippen molar-refractivity contribution in [3.8, 4) is 11.5 Å². The van der Waals surface area contributed by atoms with Gasteiger partial charge in [-0.3, -0.25) is 10.1 Å². The number of ether oxygens (including phenoxy) is 2. The van der Waals surface area contributed by atoms with Crippen LogP contribution in [0, 0.1) is 0 Å². The minimum atomic E-state index is -1.30. The van der Waals surface area contributed by atoms with Crippen LogP contribution in [0.5, 0.6) is 11.5 Å². The minimum absolute atomic E-state index is 0.0827. The molecule has 1 aromatic rings. The number of methoxy groups -OCH3 is 2. The van der Waals surface area contributed by atoms with Crippen molar-refractivity contribution in [3.63, 3.8) is 0 Å². The van der Waals surface area contributed by atoms with Gasteiger partial charge in [0.15, 0.2) is 11.5 Å². The summed E-state index contributed by atoms with van der Waals surface area (Å²) < 4.78 is 10.3. The summed E-state index contributed by atoms with van der Waals surface area (Å²) >= 11 is 0. The molecule has 0 aromatic heterocycles. The zero-order valence-corrected chi connectivity index (χ0v) is 13.5. The van der Waals surface area contributed by atoms with Gasteiger partial charge < -0.3 is 24.6 Å². The van der Waals surface area contributed by atoms with Gasteiger partial charge in [0.1, 0.15) is 0 Å². The Morgan fingerprint density at radius 1 is 1.33 bits per heavy atom. The van der Waals surface area contributed by atoms with E-state index >= 15 is 0 Å². The maximum atomic E-state index is 12.9. The second-order valence-corrected chi connectivity index (χ2v) is 5.41. The minimum Gasteiger partial charge on any atom is -0.493 e. The van der Waals surface area contributed by atoms with E-state index in [-0.39, 0.29) is 23.9 Å². The Morgan fingerprint density at radius 3 is 2.50 bits per heavy atom. The van der Waals surface area contributed by atoms with Gasteiger partial charge in [0.25, 0.3) is 5.91 Å². The fraction of sp³-hybridized carbons (Fsp3) is 0.375. The lowest BCUT2D eigenvalue weighted by molar-refractivity contribution is 0.0680. The summed E-state index contributed by atoms with van der Waals surface area (Å²) in [6.45, 7) is 3.97. The molecule has 8 nitrogen and oxygen atoms in total. The lowest BCUT2D eigenvalue weighted by Gasteiger charge is -2.24. The topological polar surface area (TPSA) is 108 Å². The number of nitrogens with one attached hydrogen (secondary N) is 1. The summed E-state index contributed by atoms with van der Waals surface area (Å²) in [5, 5.41) is 20.7. The Labute approximate surface area is 139 Å². The predicted molar refractivity (Wildman–Crippen MR) is 86.9 cm³/mol. The zero-order chi connectivity index (χ0) is 17.9. The van der Waals surface area contributed by atoms with E-state index < -0.39 is 12.0 Å². The first-order valence-electron chi connectivity index (χ1n) is 7.25. The SMILES string of the molecule is C=C1C[C@@H](CO)N(C(=O)c2cc(OC)c(OC)cc2NC(=O)O)C1. The Bertz CT molecular complexity index is 673. The molecule has 1 aliphatic heterocycles. The van der Waals surface area contributed by atoms with Crippen molar-refractivity contribution in [2.75, 3.05) is 32.7 Å². The molecule has 1 aliphatic rings. The van der Waals surface area contributed by atoms with Gasteiger partial charge in [0, 0.05) is 12.6 Å². The first-order valence-corrected chi connectivity index (χ1v) is 7.25. The molecular weight excluding hydrogens is 316 g/mol. The van der Waals surface area contributed by atoms with E-state index in [1.165, 1.54) is 31.3 Å². The van der Waals surface area contributed by atoms with Gasteiger partial charge >= 0.3 is 6.09 Å². The molecule has 1 aromatic carbocycles. The highest BCUT2D eigenvalue weighted by atomic mass is 16.5. The molecule has 24 heavy (non-hydrogen) atoms. The van der Waals surface area contributed by atoms with Crippen LogP contribution in [-0.4, -0.2) is 60.5 Å². The molecule has 0 spiro atoms. The first-order chi connectivity index (χ1) is 11.4. The van der Waals surface area contributed by atoms with Crippen LogP contribution in [0.4, 0.5) is 10.5 Å². The van der Waals surface area contributed by atoms with Crippen LogP contribution in [0.25, 0.3) is 0 Å². The molecule has 1 heterocycles. The fourth-order valence-electron chi connectivity index (χ4n) is 2.71. The molecule has 1 saturated heterocycles. The zero-order valence-electron chi connectivity index (χ0n) is 13.5. The van der Waals surface area contributed by atoms with Crippen LogP contribution in [0.15, 0.2) is 24.3 Å². The highest BCUT2D eigenvalue weighted by Crippen LogP contribution is 2.35. The Hall–Kier alpha value is -2.74. The molecule has 130 valence electrons. The summed E-state index contributed by atoms with van der Waals surface area (Å²) in [5.41, 5.74) is 1.03. The number of hydrogen-bond acceptors (Lipinski definition) is 5. The van der Waals surface area contributed by atoms with Crippen molar-refractivity contribution in [2.24, 2.45) is 0 Å². The number of likely N-dealkylation sites (tertiary alicyclic amines) is 1. The van der Waals surface area contributed by atoms with Gasteiger partial charge in [-0.15, -0.1) is 0 Å². The fourth-order valence-corrected chi connectivity index (χ4v) is 2.71. The summed E-state index contributed by atoms with van der Waals surface area (Å²) in [6, 6.07) is 2.43. The first kappa shape index (κ1) is 17.6. The number of carbonyl (C=O) groups is 2. The number of hydrogen-bond donors (Lipinski definition) is 3. The van der Waals surface area contributed by atoms with Gasteiger partial charge in [-0.25, -0.2) is 4.79 Å². The average molecular weight is 336 g/mol. The van der Waals surface area contributed by atoms with Gasteiger partial charge in [-0.05, 0) is 12.5 Å². The van der Waals surface area contributed by atoms with Gasteiger partial charge in [-0.1, -0.05) is 12.2 Å². The van der Waals surface area contributed by atoms with E-state index in [1.807, 2.05) is 0 Å². The third-order valence-electron chi connectivity index (χ3n) is 3.83. The Kier molecular flexibility index (Phi) is 5.30. The number of rotatable bonds is 5. The quantitative estimate of drug-likeness (QED) is 0.704. The highest BCUT2D eigenvalue weighted by Gasteiger charge is 2.33. The number of benzene rings is 1. The maximum Gasteiger partial charge on any atom is 0.409 e. The molecular formula is C16H20N2O6. The lowest BCUT2D eigenvalue weighted by atomic mass is 10.1. The van der Waals surface area contributed by atoms with E-state index in [9.17, 15) is 14.7 Å². The Morgan fingerprint density at radius 2 is 1.96 bits per heavy atom. The van der Waals surface area contributed by atoms with E-state index in [1.54, 1.807) is 0 Å². The van der Waals surface area contributed by atoms with Crippen LogP contribution in [-0.2, 0) is 0 Å². The number of anilines is 1. The standard InChI is InChI=1S/C16H20N2O6/c1-9-4-10(8-19)18(7-9)15(20)11-5-13(23-2)14(24-3)6-12(11)17-16(21)22/h5-6,10,17,19H,1,4,7-8H2,2-3H3,(H,21,22)/t10-/m0/s1. The van der Waals surface area contributed by atoms with Crippen LogP contribution in [0.2, 0.25) is 0 Å². The molecule has 2 rings (SSSR count). The van der Waals surface area contributed by atoms with Crippen LogP contribution in [0.3, 0.4) is 0 Å². The average Bonchev–Trinajstić information content (AvgIpc) is 2.94. The normalized spacial score (nSPS) is 16.9. The van der Waals surface area contributed by atoms with Crippen molar-refractivity contribution in [1.82, 2.24) is 4.90 Å². The van der Waals surface area contributed by atoms with E-state index in [0.29, 0.717) is 24.5 Å².